The molecule has 0 bridgehead atoms. The molecule has 0 saturated carbocycles. The monoisotopic (exact) mass is 511 g/mol. The average Bonchev–Trinajstić information content (AvgIpc) is 3.40. The number of thiophene rings is 1. The molecule has 0 saturated heterocycles. The second-order valence-corrected chi connectivity index (χ2v) is 11.6. The maximum absolute atomic E-state index is 13.1. The number of rotatable bonds is 8. The Bertz CT molecular complexity index is 1270. The van der Waals surface area contributed by atoms with E-state index in [2.05, 4.69) is 23.2 Å². The predicted molar refractivity (Wildman–Crippen MR) is 143 cm³/mol. The molecule has 4 aromatic rings. The first-order chi connectivity index (χ1) is 16.6. The predicted octanol–water partition coefficient (Wildman–Crippen LogP) is 7.05. The van der Waals surface area contributed by atoms with E-state index in [4.69, 9.17) is 4.98 Å². The normalized spacial score (nSPS) is 13.8. The number of carbonyl (C=O) groups is 1. The summed E-state index contributed by atoms with van der Waals surface area (Å²) < 4.78 is 14.3. The molecule has 0 atom stereocenters. The van der Waals surface area contributed by atoms with E-state index in [0.717, 1.165) is 63.2 Å². The van der Waals surface area contributed by atoms with Crippen molar-refractivity contribution in [3.05, 3.63) is 64.8 Å². The van der Waals surface area contributed by atoms with Crippen molar-refractivity contribution in [1.82, 2.24) is 9.88 Å². The molecule has 0 fully saturated rings. The number of para-hydroxylation sites is 1. The van der Waals surface area contributed by atoms with Crippen LogP contribution in [0.5, 0.6) is 0 Å². The Morgan fingerprint density at radius 3 is 2.79 bits per heavy atom. The SMILES string of the molecule is CCCN1CCc2c(sc(NC(=O)CCSc3ccc(F)cc3)c2-c2nc3ccccc3s2)C1. The van der Waals surface area contributed by atoms with Crippen molar-refractivity contribution >= 4 is 55.6 Å². The first-order valence-corrected chi connectivity index (χ1v) is 14.1. The second kappa shape index (κ2) is 10.6. The Morgan fingerprint density at radius 1 is 1.18 bits per heavy atom. The van der Waals surface area contributed by atoms with Crippen LogP contribution in [-0.2, 0) is 17.8 Å². The highest BCUT2D eigenvalue weighted by molar-refractivity contribution is 7.99. The van der Waals surface area contributed by atoms with Crippen LogP contribution in [0.4, 0.5) is 9.39 Å². The van der Waals surface area contributed by atoms with E-state index in [9.17, 15) is 9.18 Å². The highest BCUT2D eigenvalue weighted by Crippen LogP contribution is 2.45. The van der Waals surface area contributed by atoms with Crippen LogP contribution in [-0.4, -0.2) is 34.6 Å². The minimum Gasteiger partial charge on any atom is -0.317 e. The van der Waals surface area contributed by atoms with Gasteiger partial charge in [0, 0.05) is 40.6 Å². The van der Waals surface area contributed by atoms with Gasteiger partial charge in [-0.05, 0) is 61.3 Å². The summed E-state index contributed by atoms with van der Waals surface area (Å²) in [6.07, 6.45) is 2.51. The summed E-state index contributed by atoms with van der Waals surface area (Å²) in [6, 6.07) is 14.6. The van der Waals surface area contributed by atoms with Crippen molar-refractivity contribution in [2.75, 3.05) is 24.2 Å². The Labute approximate surface area is 211 Å². The number of aromatic nitrogens is 1. The Balaban J connectivity index is 1.37. The quantitative estimate of drug-likeness (QED) is 0.257. The van der Waals surface area contributed by atoms with Crippen LogP contribution in [0, 0.1) is 5.82 Å². The lowest BCUT2D eigenvalue weighted by Gasteiger charge is -2.26. The molecule has 0 radical (unpaired) electrons. The number of hydrogen-bond acceptors (Lipinski definition) is 6. The number of nitrogens with zero attached hydrogens (tertiary/aromatic N) is 2. The van der Waals surface area contributed by atoms with Crippen LogP contribution >= 0.6 is 34.4 Å². The number of fused-ring (bicyclic) bond motifs is 2. The summed E-state index contributed by atoms with van der Waals surface area (Å²) in [4.78, 5) is 22.6. The van der Waals surface area contributed by atoms with E-state index in [0.29, 0.717) is 12.2 Å². The first-order valence-electron chi connectivity index (χ1n) is 11.5. The molecular formula is C26H26FN3OS3. The summed E-state index contributed by atoms with van der Waals surface area (Å²) >= 11 is 4.96. The topological polar surface area (TPSA) is 45.2 Å². The number of hydrogen-bond donors (Lipinski definition) is 1. The molecule has 176 valence electrons. The van der Waals surface area contributed by atoms with Crippen molar-refractivity contribution in [3.8, 4) is 10.6 Å². The van der Waals surface area contributed by atoms with E-state index in [1.54, 1.807) is 46.6 Å². The minimum atomic E-state index is -0.247. The van der Waals surface area contributed by atoms with Gasteiger partial charge in [-0.1, -0.05) is 19.1 Å². The number of amides is 1. The van der Waals surface area contributed by atoms with E-state index in [-0.39, 0.29) is 11.7 Å². The zero-order valence-corrected chi connectivity index (χ0v) is 21.4. The summed E-state index contributed by atoms with van der Waals surface area (Å²) in [5.74, 6) is 0.396. The Hall–Kier alpha value is -2.26. The molecule has 0 spiro atoms. The third-order valence-electron chi connectivity index (χ3n) is 5.85. The summed E-state index contributed by atoms with van der Waals surface area (Å²) in [5.41, 5.74) is 3.45. The van der Waals surface area contributed by atoms with Crippen molar-refractivity contribution in [1.29, 1.82) is 0 Å². The number of nitrogens with one attached hydrogen (secondary N) is 1. The molecule has 2 aromatic heterocycles. The van der Waals surface area contributed by atoms with Gasteiger partial charge >= 0.3 is 0 Å². The molecule has 8 heteroatoms. The fourth-order valence-electron chi connectivity index (χ4n) is 4.24. The standard InChI is InChI=1S/C26H26FN3OS3/c1-2-13-30-14-11-19-22(16-30)34-26(24(19)25-28-20-5-3-4-6-21(20)33-25)29-23(31)12-15-32-18-9-7-17(27)8-10-18/h3-10H,2,11-16H2,1H3,(H,29,31). The number of thioether (sulfide) groups is 1. The molecule has 4 nitrogen and oxygen atoms in total. The fourth-order valence-corrected chi connectivity index (χ4v) is 7.51. The third kappa shape index (κ3) is 5.20. The van der Waals surface area contributed by atoms with Crippen LogP contribution in [0.1, 0.15) is 30.2 Å². The number of thiazole rings is 1. The van der Waals surface area contributed by atoms with Gasteiger partial charge in [-0.2, -0.15) is 0 Å². The van der Waals surface area contributed by atoms with Crippen LogP contribution < -0.4 is 5.32 Å². The lowest BCUT2D eigenvalue weighted by molar-refractivity contribution is -0.115. The number of carbonyl (C=O) groups excluding carboxylic acids is 1. The van der Waals surface area contributed by atoms with Crippen LogP contribution in [0.15, 0.2) is 53.4 Å². The lowest BCUT2D eigenvalue weighted by atomic mass is 10.0. The van der Waals surface area contributed by atoms with Gasteiger partial charge in [0.1, 0.15) is 15.8 Å². The molecule has 5 rings (SSSR count). The van der Waals surface area contributed by atoms with Crippen LogP contribution in [0.3, 0.4) is 0 Å². The van der Waals surface area contributed by atoms with E-state index >= 15 is 0 Å². The molecule has 1 N–H and O–H groups in total. The average molecular weight is 512 g/mol. The largest absolute Gasteiger partial charge is 0.317 e. The van der Waals surface area contributed by atoms with Crippen LogP contribution in [0.2, 0.25) is 0 Å². The third-order valence-corrected chi connectivity index (χ3v) is 9.05. The molecule has 34 heavy (non-hydrogen) atoms. The molecule has 0 unspecified atom stereocenters. The maximum atomic E-state index is 13.1. The molecule has 2 aromatic carbocycles. The highest BCUT2D eigenvalue weighted by Gasteiger charge is 2.27. The summed E-state index contributed by atoms with van der Waals surface area (Å²) in [7, 11) is 0. The van der Waals surface area contributed by atoms with E-state index in [1.165, 1.54) is 22.6 Å². The van der Waals surface area contributed by atoms with Crippen LogP contribution in [0.25, 0.3) is 20.8 Å². The molecule has 1 aliphatic rings. The van der Waals surface area contributed by atoms with Gasteiger partial charge in [-0.25, -0.2) is 9.37 Å². The Kier molecular flexibility index (Phi) is 7.29. The van der Waals surface area contributed by atoms with Gasteiger partial charge in [0.2, 0.25) is 5.91 Å². The highest BCUT2D eigenvalue weighted by atomic mass is 32.2. The molecule has 0 aliphatic carbocycles. The molecule has 1 aliphatic heterocycles. The summed E-state index contributed by atoms with van der Waals surface area (Å²) in [5, 5.41) is 5.11. The fraction of sp³-hybridized carbons (Fsp3) is 0.308. The molecular weight excluding hydrogens is 486 g/mol. The van der Waals surface area contributed by atoms with Crippen molar-refractivity contribution in [2.24, 2.45) is 0 Å². The summed E-state index contributed by atoms with van der Waals surface area (Å²) in [6.45, 7) is 5.28. The lowest BCUT2D eigenvalue weighted by Crippen LogP contribution is -2.30. The van der Waals surface area contributed by atoms with Gasteiger partial charge in [0.15, 0.2) is 0 Å². The van der Waals surface area contributed by atoms with E-state index < -0.39 is 0 Å². The van der Waals surface area contributed by atoms with Gasteiger partial charge in [-0.3, -0.25) is 9.69 Å². The van der Waals surface area contributed by atoms with Gasteiger partial charge < -0.3 is 5.32 Å². The van der Waals surface area contributed by atoms with E-state index in [1.807, 2.05) is 18.2 Å². The molecule has 3 heterocycles. The Morgan fingerprint density at radius 2 is 2.00 bits per heavy atom. The van der Waals surface area contributed by atoms with Gasteiger partial charge in [0.25, 0.3) is 0 Å². The van der Waals surface area contributed by atoms with Crippen molar-refractivity contribution < 1.29 is 9.18 Å². The van der Waals surface area contributed by atoms with Crippen molar-refractivity contribution in [2.45, 2.75) is 37.6 Å². The first kappa shape index (κ1) is 23.5. The van der Waals surface area contributed by atoms with Gasteiger partial charge in [-0.15, -0.1) is 34.4 Å². The number of benzene rings is 2. The maximum Gasteiger partial charge on any atom is 0.225 e. The minimum absolute atomic E-state index is 0.000911. The number of anilines is 1. The zero-order chi connectivity index (χ0) is 23.5. The van der Waals surface area contributed by atoms with Crippen molar-refractivity contribution in [3.63, 3.8) is 0 Å². The number of halogens is 1. The zero-order valence-electron chi connectivity index (χ0n) is 19.0. The molecule has 1 amide bonds. The second-order valence-electron chi connectivity index (χ2n) is 8.32. The smallest absolute Gasteiger partial charge is 0.225 e. The van der Waals surface area contributed by atoms with Gasteiger partial charge in [0.05, 0.1) is 10.2 Å².